The molecule has 4 nitrogen and oxygen atoms in total. The lowest BCUT2D eigenvalue weighted by atomic mass is 9.83. The highest BCUT2D eigenvalue weighted by molar-refractivity contribution is 6.01. The molecule has 1 saturated heterocycles. The van der Waals surface area contributed by atoms with Crippen LogP contribution in [0, 0.1) is 5.92 Å². The number of carbonyl (C=O) groups excluding carboxylic acids is 1. The van der Waals surface area contributed by atoms with Crippen LogP contribution in [-0.2, 0) is 6.54 Å². The lowest BCUT2D eigenvalue weighted by Gasteiger charge is -2.42. The molecule has 2 atom stereocenters. The molecule has 0 saturated carbocycles. The molecule has 2 bridgehead atoms. The molecule has 2 aliphatic heterocycles. The van der Waals surface area contributed by atoms with E-state index in [9.17, 15) is 9.59 Å². The molecule has 0 spiro atoms. The Labute approximate surface area is 158 Å². The number of hydrogen-bond donors (Lipinski definition) is 0. The molecule has 2 aromatic carbocycles. The summed E-state index contributed by atoms with van der Waals surface area (Å²) in [6.07, 6.45) is 1.12. The smallest absolute Gasteiger partial charge is 0.250 e. The van der Waals surface area contributed by atoms with Crippen LogP contribution < -0.4 is 5.56 Å². The average molecular weight is 358 g/mol. The zero-order valence-corrected chi connectivity index (χ0v) is 15.2. The number of fused-ring (bicyclic) bond motifs is 5. The van der Waals surface area contributed by atoms with Gasteiger partial charge in [0.15, 0.2) is 5.78 Å². The number of carbonyl (C=O) groups is 1. The SMILES string of the molecule is O=C(CN1C[C@H]2C[C@@H](C1)c1cccc(=O)n1C2)c1ccc2ccccc2c1. The first-order valence-corrected chi connectivity index (χ1v) is 9.61. The van der Waals surface area contributed by atoms with Crippen LogP contribution >= 0.6 is 0 Å². The van der Waals surface area contributed by atoms with Crippen LogP contribution in [0.1, 0.15) is 28.4 Å². The van der Waals surface area contributed by atoms with Gasteiger partial charge in [-0.1, -0.05) is 42.5 Å². The van der Waals surface area contributed by atoms with Gasteiger partial charge in [0.25, 0.3) is 5.56 Å². The Hall–Kier alpha value is -2.72. The maximum absolute atomic E-state index is 12.9. The lowest BCUT2D eigenvalue weighted by Crippen LogP contribution is -2.48. The number of aromatic nitrogens is 1. The van der Waals surface area contributed by atoms with Gasteiger partial charge in [0, 0.05) is 42.9 Å². The molecule has 0 unspecified atom stereocenters. The van der Waals surface area contributed by atoms with Crippen molar-refractivity contribution in [3.05, 3.63) is 82.3 Å². The topological polar surface area (TPSA) is 42.3 Å². The average Bonchev–Trinajstić information content (AvgIpc) is 2.68. The largest absolute Gasteiger partial charge is 0.312 e. The quantitative estimate of drug-likeness (QED) is 0.675. The van der Waals surface area contributed by atoms with E-state index in [-0.39, 0.29) is 11.3 Å². The number of rotatable bonds is 3. The van der Waals surface area contributed by atoms with Crippen LogP contribution in [-0.4, -0.2) is 34.9 Å². The van der Waals surface area contributed by atoms with Gasteiger partial charge >= 0.3 is 0 Å². The molecule has 1 aromatic heterocycles. The number of ketones is 1. The van der Waals surface area contributed by atoms with Gasteiger partial charge in [-0.25, -0.2) is 0 Å². The van der Waals surface area contributed by atoms with Gasteiger partial charge in [0.1, 0.15) is 0 Å². The standard InChI is InChI=1S/C23H22N2O2/c26-22(19-9-8-17-4-1-2-5-18(17)11-19)15-24-12-16-10-20(14-24)21-6-3-7-23(27)25(21)13-16/h1-9,11,16,20H,10,12-15H2/t16-,20+/m1/s1. The Morgan fingerprint density at radius 2 is 1.78 bits per heavy atom. The van der Waals surface area contributed by atoms with Crippen molar-refractivity contribution in [2.24, 2.45) is 5.92 Å². The van der Waals surface area contributed by atoms with Crippen LogP contribution in [0.3, 0.4) is 0 Å². The molecular weight excluding hydrogens is 336 g/mol. The number of Topliss-reactive ketones (excluding diaryl/α,β-unsaturated/α-hetero) is 1. The van der Waals surface area contributed by atoms with E-state index in [1.54, 1.807) is 6.07 Å². The van der Waals surface area contributed by atoms with E-state index in [1.807, 2.05) is 47.0 Å². The molecule has 27 heavy (non-hydrogen) atoms. The second-order valence-corrected chi connectivity index (χ2v) is 7.88. The van der Waals surface area contributed by atoms with Gasteiger partial charge in [-0.15, -0.1) is 0 Å². The van der Waals surface area contributed by atoms with E-state index in [2.05, 4.69) is 17.0 Å². The van der Waals surface area contributed by atoms with Crippen molar-refractivity contribution in [1.29, 1.82) is 0 Å². The number of benzene rings is 2. The van der Waals surface area contributed by atoms with Gasteiger partial charge in [0.2, 0.25) is 0 Å². The predicted molar refractivity (Wildman–Crippen MR) is 106 cm³/mol. The zero-order valence-electron chi connectivity index (χ0n) is 15.2. The summed E-state index contributed by atoms with van der Waals surface area (Å²) in [6.45, 7) is 2.95. The summed E-state index contributed by atoms with van der Waals surface area (Å²) in [6, 6.07) is 19.6. The number of pyridine rings is 1. The Bertz CT molecular complexity index is 1080. The van der Waals surface area contributed by atoms with E-state index < -0.39 is 0 Å². The molecular formula is C23H22N2O2. The van der Waals surface area contributed by atoms with Crippen LogP contribution in [0.5, 0.6) is 0 Å². The van der Waals surface area contributed by atoms with Gasteiger partial charge in [-0.3, -0.25) is 14.5 Å². The highest BCUT2D eigenvalue weighted by atomic mass is 16.1. The summed E-state index contributed by atoms with van der Waals surface area (Å²) in [5.41, 5.74) is 2.01. The predicted octanol–water partition coefficient (Wildman–Crippen LogP) is 3.30. The van der Waals surface area contributed by atoms with Crippen molar-refractivity contribution in [3.63, 3.8) is 0 Å². The van der Waals surface area contributed by atoms with E-state index in [4.69, 9.17) is 0 Å². The van der Waals surface area contributed by atoms with Gasteiger partial charge in [0.05, 0.1) is 6.54 Å². The summed E-state index contributed by atoms with van der Waals surface area (Å²) >= 11 is 0. The minimum absolute atomic E-state index is 0.0999. The molecule has 2 aliphatic rings. The fourth-order valence-corrected chi connectivity index (χ4v) is 4.78. The first-order chi connectivity index (χ1) is 13.2. The molecule has 5 rings (SSSR count). The molecule has 3 aromatic rings. The van der Waals surface area contributed by atoms with Crippen molar-refractivity contribution in [3.8, 4) is 0 Å². The molecule has 4 heteroatoms. The normalized spacial score (nSPS) is 21.8. The third-order valence-corrected chi connectivity index (χ3v) is 5.99. The third-order valence-electron chi connectivity index (χ3n) is 5.99. The summed E-state index contributed by atoms with van der Waals surface area (Å²) in [4.78, 5) is 27.3. The van der Waals surface area contributed by atoms with Crippen molar-refractivity contribution in [2.45, 2.75) is 18.9 Å². The Balaban J connectivity index is 1.36. The van der Waals surface area contributed by atoms with E-state index in [0.717, 1.165) is 48.1 Å². The first-order valence-electron chi connectivity index (χ1n) is 9.61. The van der Waals surface area contributed by atoms with Crippen LogP contribution in [0.25, 0.3) is 10.8 Å². The maximum Gasteiger partial charge on any atom is 0.250 e. The maximum atomic E-state index is 12.9. The van der Waals surface area contributed by atoms with Gasteiger partial charge in [-0.2, -0.15) is 0 Å². The minimum atomic E-state index is 0.0999. The second kappa shape index (κ2) is 6.46. The monoisotopic (exact) mass is 358 g/mol. The molecule has 3 heterocycles. The number of piperidine rings is 1. The number of likely N-dealkylation sites (tertiary alicyclic amines) is 1. The Kier molecular flexibility index (Phi) is 3.94. The summed E-state index contributed by atoms with van der Waals surface area (Å²) < 4.78 is 1.93. The van der Waals surface area contributed by atoms with Crippen LogP contribution in [0.4, 0.5) is 0 Å². The highest BCUT2D eigenvalue weighted by Gasteiger charge is 2.34. The lowest BCUT2D eigenvalue weighted by molar-refractivity contribution is 0.0817. The summed E-state index contributed by atoms with van der Waals surface area (Å²) in [5, 5.41) is 2.26. The fourth-order valence-electron chi connectivity index (χ4n) is 4.78. The fraction of sp³-hybridized carbons (Fsp3) is 0.304. The number of nitrogens with zero attached hydrogens (tertiary/aromatic N) is 2. The van der Waals surface area contributed by atoms with E-state index >= 15 is 0 Å². The zero-order chi connectivity index (χ0) is 18.4. The van der Waals surface area contributed by atoms with Crippen molar-refractivity contribution in [2.75, 3.05) is 19.6 Å². The van der Waals surface area contributed by atoms with Crippen LogP contribution in [0.15, 0.2) is 65.5 Å². The second-order valence-electron chi connectivity index (χ2n) is 7.88. The Morgan fingerprint density at radius 3 is 2.67 bits per heavy atom. The Morgan fingerprint density at radius 1 is 0.926 bits per heavy atom. The van der Waals surface area contributed by atoms with E-state index in [1.165, 1.54) is 0 Å². The molecule has 0 N–H and O–H groups in total. The number of hydrogen-bond acceptors (Lipinski definition) is 3. The van der Waals surface area contributed by atoms with Crippen molar-refractivity contribution < 1.29 is 4.79 Å². The summed E-state index contributed by atoms with van der Waals surface area (Å²) in [5.74, 6) is 0.961. The van der Waals surface area contributed by atoms with Gasteiger partial charge < -0.3 is 4.57 Å². The molecule has 0 amide bonds. The van der Waals surface area contributed by atoms with Crippen LogP contribution in [0.2, 0.25) is 0 Å². The molecule has 1 fully saturated rings. The first kappa shape index (κ1) is 16.5. The highest BCUT2D eigenvalue weighted by Crippen LogP contribution is 2.34. The molecule has 0 aliphatic carbocycles. The van der Waals surface area contributed by atoms with E-state index in [0.29, 0.717) is 18.4 Å². The minimum Gasteiger partial charge on any atom is -0.312 e. The third kappa shape index (κ3) is 3.00. The van der Waals surface area contributed by atoms with Crippen molar-refractivity contribution >= 4 is 16.6 Å². The summed E-state index contributed by atoms with van der Waals surface area (Å²) in [7, 11) is 0. The molecule has 0 radical (unpaired) electrons. The van der Waals surface area contributed by atoms with Gasteiger partial charge in [-0.05, 0) is 35.2 Å². The molecule has 136 valence electrons. The van der Waals surface area contributed by atoms with Crippen molar-refractivity contribution in [1.82, 2.24) is 9.47 Å².